The predicted octanol–water partition coefficient (Wildman–Crippen LogP) is 6.36. The number of hydrogen-bond acceptors (Lipinski definition) is 5. The molecule has 0 aliphatic carbocycles. The maximum atomic E-state index is 12.0. The zero-order chi connectivity index (χ0) is 24.7. The number of ether oxygens (including phenoxy) is 1. The van der Waals surface area contributed by atoms with Crippen LogP contribution in [0, 0.1) is 0 Å². The molecule has 1 aliphatic rings. The van der Waals surface area contributed by atoms with E-state index in [9.17, 15) is 8.42 Å². The highest BCUT2D eigenvalue weighted by Gasteiger charge is 2.23. The van der Waals surface area contributed by atoms with Gasteiger partial charge in [0.25, 0.3) is 0 Å². The fourth-order valence-corrected chi connectivity index (χ4v) is 5.48. The zero-order valence-corrected chi connectivity index (χ0v) is 21.7. The maximum Gasteiger partial charge on any atom is 0.175 e. The van der Waals surface area contributed by atoms with E-state index in [1.807, 2.05) is 33.9 Å². The van der Waals surface area contributed by atoms with Gasteiger partial charge in [-0.1, -0.05) is 59.1 Å². The van der Waals surface area contributed by atoms with E-state index in [0.717, 1.165) is 23.5 Å². The van der Waals surface area contributed by atoms with Crippen LogP contribution in [0.2, 0.25) is 15.1 Å². The van der Waals surface area contributed by atoms with Gasteiger partial charge in [0.15, 0.2) is 9.84 Å². The Hall–Kier alpha value is -2.55. The summed E-state index contributed by atoms with van der Waals surface area (Å²) in [5.41, 5.74) is 2.81. The smallest absolute Gasteiger partial charge is 0.175 e. The van der Waals surface area contributed by atoms with Gasteiger partial charge in [-0.3, -0.25) is 4.57 Å². The lowest BCUT2D eigenvalue weighted by Crippen LogP contribution is -2.18. The van der Waals surface area contributed by atoms with Crippen LogP contribution in [0.1, 0.15) is 0 Å². The van der Waals surface area contributed by atoms with Crippen molar-refractivity contribution < 1.29 is 13.2 Å². The minimum absolute atomic E-state index is 0.248. The molecule has 5 rings (SSSR count). The zero-order valence-electron chi connectivity index (χ0n) is 18.6. The van der Waals surface area contributed by atoms with Crippen molar-refractivity contribution in [3.05, 3.63) is 81.9 Å². The van der Waals surface area contributed by atoms with E-state index < -0.39 is 9.84 Å². The highest BCUT2D eigenvalue weighted by molar-refractivity contribution is 7.90. The summed E-state index contributed by atoms with van der Waals surface area (Å²) >= 11 is 19.8. The number of aromatic nitrogens is 2. The van der Waals surface area contributed by atoms with E-state index in [0.29, 0.717) is 45.5 Å². The van der Waals surface area contributed by atoms with Crippen LogP contribution in [-0.4, -0.2) is 44.1 Å². The molecule has 0 saturated carbocycles. The standard InChI is InChI=1S/C25H20Cl3N3O3S/c1-35(32,33)18-5-2-4-16(12-18)17-8-9-22(21(28)13-17)31-14-23(30-10-11-34-15-30)29-25(31)24-19(26)6-3-7-20(24)27/h2-9,12-14H,10-11,15H2,1H3. The Labute approximate surface area is 218 Å². The monoisotopic (exact) mass is 547 g/mol. The van der Waals surface area contributed by atoms with E-state index in [4.69, 9.17) is 44.5 Å². The molecule has 1 aromatic heterocycles. The number of sulfone groups is 1. The van der Waals surface area contributed by atoms with Gasteiger partial charge >= 0.3 is 0 Å². The van der Waals surface area contributed by atoms with Crippen molar-refractivity contribution in [1.82, 2.24) is 9.55 Å². The van der Waals surface area contributed by atoms with Crippen LogP contribution >= 0.6 is 34.8 Å². The summed E-state index contributed by atoms with van der Waals surface area (Å²) in [7, 11) is -3.33. The summed E-state index contributed by atoms with van der Waals surface area (Å²) in [4.78, 5) is 7.10. The molecule has 180 valence electrons. The number of benzene rings is 3. The summed E-state index contributed by atoms with van der Waals surface area (Å²) in [5.74, 6) is 1.27. The van der Waals surface area contributed by atoms with Crippen molar-refractivity contribution in [2.24, 2.45) is 0 Å². The van der Waals surface area contributed by atoms with Crippen molar-refractivity contribution in [2.45, 2.75) is 4.90 Å². The van der Waals surface area contributed by atoms with Crippen molar-refractivity contribution in [3.63, 3.8) is 0 Å². The Morgan fingerprint density at radius 2 is 1.63 bits per heavy atom. The van der Waals surface area contributed by atoms with Crippen molar-refractivity contribution >= 4 is 50.5 Å². The fourth-order valence-electron chi connectivity index (χ4n) is 3.97. The van der Waals surface area contributed by atoms with Gasteiger partial charge in [-0.15, -0.1) is 0 Å². The van der Waals surface area contributed by atoms with Crippen LogP contribution < -0.4 is 4.90 Å². The van der Waals surface area contributed by atoms with Crippen LogP contribution in [0.5, 0.6) is 0 Å². The van der Waals surface area contributed by atoms with Gasteiger partial charge in [-0.05, 0) is 47.5 Å². The fraction of sp³-hybridized carbons (Fsp3) is 0.160. The van der Waals surface area contributed by atoms with Gasteiger partial charge in [0.2, 0.25) is 0 Å². The summed E-state index contributed by atoms with van der Waals surface area (Å²) in [6.07, 6.45) is 3.07. The molecule has 1 fully saturated rings. The number of rotatable bonds is 5. The Morgan fingerprint density at radius 3 is 2.29 bits per heavy atom. The largest absolute Gasteiger partial charge is 0.359 e. The van der Waals surface area contributed by atoms with Gasteiger partial charge in [-0.25, -0.2) is 13.4 Å². The van der Waals surface area contributed by atoms with E-state index in [-0.39, 0.29) is 4.90 Å². The highest BCUT2D eigenvalue weighted by Crippen LogP contribution is 2.39. The number of halogens is 3. The first-order chi connectivity index (χ1) is 16.7. The number of nitrogens with zero attached hydrogens (tertiary/aromatic N) is 3. The summed E-state index contributed by atoms with van der Waals surface area (Å²) in [6.45, 7) is 1.78. The molecule has 35 heavy (non-hydrogen) atoms. The second-order valence-electron chi connectivity index (χ2n) is 8.16. The maximum absolute atomic E-state index is 12.0. The van der Waals surface area contributed by atoms with E-state index in [2.05, 4.69) is 0 Å². The van der Waals surface area contributed by atoms with Crippen LogP contribution in [0.25, 0.3) is 28.2 Å². The molecule has 0 atom stereocenters. The molecule has 0 radical (unpaired) electrons. The lowest BCUT2D eigenvalue weighted by molar-refractivity contribution is 0.201. The third kappa shape index (κ3) is 4.79. The Balaban J connectivity index is 1.63. The summed E-state index contributed by atoms with van der Waals surface area (Å²) in [5, 5.41) is 1.40. The first-order valence-corrected chi connectivity index (χ1v) is 13.7. The Morgan fingerprint density at radius 1 is 0.914 bits per heavy atom. The molecule has 0 unspecified atom stereocenters. The van der Waals surface area contributed by atoms with Crippen LogP contribution in [-0.2, 0) is 14.6 Å². The van der Waals surface area contributed by atoms with E-state index in [1.165, 1.54) is 6.26 Å². The molecule has 4 aromatic rings. The molecule has 3 aromatic carbocycles. The first-order valence-electron chi connectivity index (χ1n) is 10.7. The molecule has 0 bridgehead atoms. The van der Waals surface area contributed by atoms with Gasteiger partial charge in [0.1, 0.15) is 18.4 Å². The minimum Gasteiger partial charge on any atom is -0.359 e. The van der Waals surface area contributed by atoms with Crippen molar-refractivity contribution in [2.75, 3.05) is 31.0 Å². The molecule has 1 aliphatic heterocycles. The van der Waals surface area contributed by atoms with Crippen molar-refractivity contribution in [3.8, 4) is 28.2 Å². The average molecular weight is 549 g/mol. The summed E-state index contributed by atoms with van der Waals surface area (Å²) < 4.78 is 31.3. The molecule has 6 nitrogen and oxygen atoms in total. The van der Waals surface area contributed by atoms with Crippen LogP contribution in [0.4, 0.5) is 5.82 Å². The molecule has 10 heteroatoms. The highest BCUT2D eigenvalue weighted by atomic mass is 35.5. The molecule has 1 saturated heterocycles. The molecule has 0 amide bonds. The normalized spacial score (nSPS) is 14.0. The van der Waals surface area contributed by atoms with E-state index >= 15 is 0 Å². The third-order valence-electron chi connectivity index (χ3n) is 5.76. The summed E-state index contributed by atoms with van der Waals surface area (Å²) in [6, 6.07) is 17.6. The van der Waals surface area contributed by atoms with Crippen molar-refractivity contribution in [1.29, 1.82) is 0 Å². The number of anilines is 1. The number of hydrogen-bond donors (Lipinski definition) is 0. The van der Waals surface area contributed by atoms with Gasteiger partial charge in [0.05, 0.1) is 44.0 Å². The Bertz CT molecular complexity index is 1510. The second-order valence-corrected chi connectivity index (χ2v) is 11.4. The predicted molar refractivity (Wildman–Crippen MR) is 141 cm³/mol. The Kier molecular flexibility index (Phi) is 6.55. The van der Waals surface area contributed by atoms with Crippen LogP contribution in [0.3, 0.4) is 0 Å². The lowest BCUT2D eigenvalue weighted by Gasteiger charge is -2.13. The second kappa shape index (κ2) is 9.48. The molecular formula is C25H20Cl3N3O3S. The third-order valence-corrected chi connectivity index (χ3v) is 7.80. The SMILES string of the molecule is CS(=O)(=O)c1cccc(-c2ccc(-n3cc(N4CCOC4)nc3-c3c(Cl)cccc3Cl)c(Cl)c2)c1. The topological polar surface area (TPSA) is 64.4 Å². The number of imidazole rings is 1. The first kappa shape index (κ1) is 24.2. The minimum atomic E-state index is -3.33. The van der Waals surface area contributed by atoms with Gasteiger partial charge < -0.3 is 9.64 Å². The van der Waals surface area contributed by atoms with Gasteiger partial charge in [0, 0.05) is 12.8 Å². The lowest BCUT2D eigenvalue weighted by atomic mass is 10.1. The van der Waals surface area contributed by atoms with E-state index in [1.54, 1.807) is 42.5 Å². The average Bonchev–Trinajstić information content (AvgIpc) is 3.49. The van der Waals surface area contributed by atoms with Gasteiger partial charge in [-0.2, -0.15) is 0 Å². The molecule has 0 N–H and O–H groups in total. The van der Waals surface area contributed by atoms with Crippen LogP contribution in [0.15, 0.2) is 71.8 Å². The quantitative estimate of drug-likeness (QED) is 0.290. The molecular weight excluding hydrogens is 529 g/mol. The molecule has 0 spiro atoms. The molecule has 2 heterocycles.